The minimum atomic E-state index is -0.653. The fraction of sp³-hybridized carbons (Fsp3) is 0.933. The molecule has 4 nitrogen and oxygen atoms in total. The SMILES string of the molecule is CC(C)CN1CCOC(CSCC2(CC(=O)O)CC2)C1. The Hall–Kier alpha value is -0.260. The second kappa shape index (κ2) is 7.14. The van der Waals surface area contributed by atoms with Crippen molar-refractivity contribution < 1.29 is 14.6 Å². The van der Waals surface area contributed by atoms with Gasteiger partial charge in [0, 0.05) is 25.4 Å². The van der Waals surface area contributed by atoms with Gasteiger partial charge in [-0.3, -0.25) is 9.69 Å². The van der Waals surface area contributed by atoms with E-state index in [0.717, 1.165) is 50.6 Å². The summed E-state index contributed by atoms with van der Waals surface area (Å²) in [5.41, 5.74) is 0.1000. The number of nitrogens with zero attached hydrogens (tertiary/aromatic N) is 1. The van der Waals surface area contributed by atoms with Crippen molar-refractivity contribution in [3.8, 4) is 0 Å². The molecule has 20 heavy (non-hydrogen) atoms. The Morgan fingerprint density at radius 1 is 1.50 bits per heavy atom. The standard InChI is InChI=1S/C15H27NO3S/c1-12(2)8-16-5-6-19-13(9-16)10-20-11-15(3-4-15)7-14(17)18/h12-13H,3-11H2,1-2H3,(H,17,18). The van der Waals surface area contributed by atoms with Crippen LogP contribution >= 0.6 is 11.8 Å². The van der Waals surface area contributed by atoms with Crippen LogP contribution in [0.1, 0.15) is 33.1 Å². The predicted octanol–water partition coefficient (Wildman–Crippen LogP) is 2.33. The first-order valence-corrected chi connectivity index (χ1v) is 8.78. The van der Waals surface area contributed by atoms with Crippen LogP contribution in [-0.4, -0.2) is 59.8 Å². The molecule has 0 spiro atoms. The first kappa shape index (κ1) is 16.1. The molecule has 0 bridgehead atoms. The number of carbonyl (C=O) groups is 1. The number of carboxylic acids is 1. The summed E-state index contributed by atoms with van der Waals surface area (Å²) < 4.78 is 5.83. The molecule has 0 amide bonds. The third-order valence-corrected chi connectivity index (χ3v) is 5.47. The zero-order chi connectivity index (χ0) is 14.6. The number of hydrogen-bond donors (Lipinski definition) is 1. The van der Waals surface area contributed by atoms with Gasteiger partial charge >= 0.3 is 5.97 Å². The second-order valence-corrected chi connectivity index (χ2v) is 7.76. The molecule has 1 saturated carbocycles. The van der Waals surface area contributed by atoms with Gasteiger partial charge in [-0.05, 0) is 29.9 Å². The monoisotopic (exact) mass is 301 g/mol. The lowest BCUT2D eigenvalue weighted by molar-refractivity contribution is -0.138. The number of ether oxygens (including phenoxy) is 1. The van der Waals surface area contributed by atoms with E-state index < -0.39 is 5.97 Å². The van der Waals surface area contributed by atoms with Crippen molar-refractivity contribution in [3.63, 3.8) is 0 Å². The Balaban J connectivity index is 1.65. The molecular weight excluding hydrogens is 274 g/mol. The summed E-state index contributed by atoms with van der Waals surface area (Å²) in [6.45, 7) is 8.55. The molecular formula is C15H27NO3S. The molecule has 2 fully saturated rings. The van der Waals surface area contributed by atoms with E-state index in [-0.39, 0.29) is 5.41 Å². The van der Waals surface area contributed by atoms with Crippen LogP contribution < -0.4 is 0 Å². The van der Waals surface area contributed by atoms with Crippen molar-refractivity contribution in [2.75, 3.05) is 37.7 Å². The van der Waals surface area contributed by atoms with Gasteiger partial charge in [0.15, 0.2) is 0 Å². The summed E-state index contributed by atoms with van der Waals surface area (Å²) >= 11 is 1.88. The maximum absolute atomic E-state index is 10.8. The van der Waals surface area contributed by atoms with E-state index in [1.165, 1.54) is 0 Å². The third kappa shape index (κ3) is 5.26. The van der Waals surface area contributed by atoms with Crippen molar-refractivity contribution in [3.05, 3.63) is 0 Å². The van der Waals surface area contributed by atoms with Gasteiger partial charge in [0.1, 0.15) is 0 Å². The molecule has 1 saturated heterocycles. The second-order valence-electron chi connectivity index (χ2n) is 6.73. The maximum Gasteiger partial charge on any atom is 0.303 e. The van der Waals surface area contributed by atoms with E-state index in [1.54, 1.807) is 0 Å². The molecule has 1 N–H and O–H groups in total. The molecule has 1 unspecified atom stereocenters. The van der Waals surface area contributed by atoms with Gasteiger partial charge in [-0.1, -0.05) is 13.8 Å². The summed E-state index contributed by atoms with van der Waals surface area (Å²) in [5, 5.41) is 8.92. The van der Waals surface area contributed by atoms with E-state index in [1.807, 2.05) is 11.8 Å². The van der Waals surface area contributed by atoms with Crippen molar-refractivity contribution in [1.29, 1.82) is 0 Å². The van der Waals surface area contributed by atoms with Gasteiger partial charge in [0.2, 0.25) is 0 Å². The molecule has 1 aliphatic carbocycles. The van der Waals surface area contributed by atoms with Crippen molar-refractivity contribution in [2.45, 2.75) is 39.2 Å². The summed E-state index contributed by atoms with van der Waals surface area (Å²) in [5.74, 6) is 2.02. The zero-order valence-corrected chi connectivity index (χ0v) is 13.5. The van der Waals surface area contributed by atoms with Gasteiger partial charge in [0.05, 0.1) is 19.1 Å². The van der Waals surface area contributed by atoms with E-state index in [9.17, 15) is 4.79 Å². The highest BCUT2D eigenvalue weighted by atomic mass is 32.2. The largest absolute Gasteiger partial charge is 0.481 e. The highest BCUT2D eigenvalue weighted by Crippen LogP contribution is 2.51. The molecule has 0 radical (unpaired) electrons. The Morgan fingerprint density at radius 3 is 2.85 bits per heavy atom. The van der Waals surface area contributed by atoms with Crippen molar-refractivity contribution in [1.82, 2.24) is 4.90 Å². The van der Waals surface area contributed by atoms with Crippen LogP contribution in [0, 0.1) is 11.3 Å². The van der Waals surface area contributed by atoms with E-state index in [4.69, 9.17) is 9.84 Å². The fourth-order valence-electron chi connectivity index (χ4n) is 2.84. The number of carboxylic acid groups (broad SMARTS) is 1. The third-order valence-electron chi connectivity index (χ3n) is 4.04. The van der Waals surface area contributed by atoms with Crippen LogP contribution in [0.4, 0.5) is 0 Å². The first-order valence-electron chi connectivity index (χ1n) is 7.63. The average Bonchev–Trinajstić information content (AvgIpc) is 3.07. The molecule has 0 aromatic carbocycles. The average molecular weight is 301 g/mol. The van der Waals surface area contributed by atoms with Gasteiger partial charge in [0.25, 0.3) is 0 Å². The zero-order valence-electron chi connectivity index (χ0n) is 12.6. The van der Waals surface area contributed by atoms with Crippen LogP contribution in [0.25, 0.3) is 0 Å². The molecule has 116 valence electrons. The first-order chi connectivity index (χ1) is 9.49. The number of thioether (sulfide) groups is 1. The van der Waals surface area contributed by atoms with Gasteiger partial charge < -0.3 is 9.84 Å². The highest BCUT2D eigenvalue weighted by molar-refractivity contribution is 7.99. The molecule has 2 aliphatic rings. The van der Waals surface area contributed by atoms with Gasteiger partial charge in [-0.2, -0.15) is 11.8 Å². The molecule has 1 aliphatic heterocycles. The Kier molecular flexibility index (Phi) is 5.75. The minimum Gasteiger partial charge on any atom is -0.481 e. The topological polar surface area (TPSA) is 49.8 Å². The smallest absolute Gasteiger partial charge is 0.303 e. The number of morpholine rings is 1. The number of rotatable bonds is 8. The van der Waals surface area contributed by atoms with E-state index >= 15 is 0 Å². The van der Waals surface area contributed by atoms with E-state index in [2.05, 4.69) is 18.7 Å². The molecule has 1 heterocycles. The van der Waals surface area contributed by atoms with Crippen molar-refractivity contribution in [2.24, 2.45) is 11.3 Å². The highest BCUT2D eigenvalue weighted by Gasteiger charge is 2.44. The van der Waals surface area contributed by atoms with Crippen LogP contribution in [0.2, 0.25) is 0 Å². The van der Waals surface area contributed by atoms with Gasteiger partial charge in [-0.25, -0.2) is 0 Å². The van der Waals surface area contributed by atoms with E-state index in [0.29, 0.717) is 18.4 Å². The molecule has 0 aromatic heterocycles. The van der Waals surface area contributed by atoms with Crippen molar-refractivity contribution >= 4 is 17.7 Å². The fourth-order valence-corrected chi connectivity index (χ4v) is 4.25. The minimum absolute atomic E-state index is 0.1000. The Morgan fingerprint density at radius 2 is 2.25 bits per heavy atom. The Labute approximate surface area is 126 Å². The van der Waals surface area contributed by atoms with Crippen LogP contribution in [0.3, 0.4) is 0 Å². The quantitative estimate of drug-likeness (QED) is 0.745. The van der Waals surface area contributed by atoms with Crippen LogP contribution in [-0.2, 0) is 9.53 Å². The molecule has 0 aromatic rings. The maximum atomic E-state index is 10.8. The lowest BCUT2D eigenvalue weighted by Gasteiger charge is -2.34. The molecule has 5 heteroatoms. The van der Waals surface area contributed by atoms with Crippen LogP contribution in [0.15, 0.2) is 0 Å². The summed E-state index contributed by atoms with van der Waals surface area (Å²) in [4.78, 5) is 13.3. The molecule has 2 rings (SSSR count). The number of aliphatic carboxylic acids is 1. The summed E-state index contributed by atoms with van der Waals surface area (Å²) in [6, 6.07) is 0. The van der Waals surface area contributed by atoms with Gasteiger partial charge in [-0.15, -0.1) is 0 Å². The Bertz CT molecular complexity index is 331. The predicted molar refractivity (Wildman–Crippen MR) is 82.3 cm³/mol. The summed E-state index contributed by atoms with van der Waals surface area (Å²) in [6.07, 6.45) is 2.81. The molecule has 1 atom stereocenters. The lowest BCUT2D eigenvalue weighted by Crippen LogP contribution is -2.44. The summed E-state index contributed by atoms with van der Waals surface area (Å²) in [7, 11) is 0. The van der Waals surface area contributed by atoms with Crippen LogP contribution in [0.5, 0.6) is 0 Å². The lowest BCUT2D eigenvalue weighted by atomic mass is 10.1. The normalized spacial score (nSPS) is 25.9. The number of hydrogen-bond acceptors (Lipinski definition) is 4.